The molecule has 4 heteroatoms. The van der Waals surface area contributed by atoms with Gasteiger partial charge in [0.15, 0.2) is 0 Å². The molecule has 4 nitrogen and oxygen atoms in total. The lowest BCUT2D eigenvalue weighted by atomic mass is 9.62. The Kier molecular flexibility index (Phi) is 4.73. The van der Waals surface area contributed by atoms with Gasteiger partial charge in [-0.3, -0.25) is 4.79 Å². The lowest BCUT2D eigenvalue weighted by molar-refractivity contribution is -0.145. The summed E-state index contributed by atoms with van der Waals surface area (Å²) in [5.41, 5.74) is -0.816. The SMILES string of the molecule is CC(C)CN(CCC#N)C(=O)C1(C#N)CC(C)C1. The van der Waals surface area contributed by atoms with Crippen molar-refractivity contribution in [2.24, 2.45) is 17.3 Å². The summed E-state index contributed by atoms with van der Waals surface area (Å²) in [5, 5.41) is 17.9. The smallest absolute Gasteiger partial charge is 0.243 e. The van der Waals surface area contributed by atoms with Crippen molar-refractivity contribution in [1.82, 2.24) is 4.90 Å². The van der Waals surface area contributed by atoms with E-state index in [2.05, 4.69) is 19.1 Å². The van der Waals surface area contributed by atoms with Gasteiger partial charge in [0.2, 0.25) is 5.91 Å². The van der Waals surface area contributed by atoms with Crippen molar-refractivity contribution in [3.63, 3.8) is 0 Å². The second-order valence-corrected chi connectivity index (χ2v) is 5.76. The van der Waals surface area contributed by atoms with Crippen LogP contribution >= 0.6 is 0 Å². The summed E-state index contributed by atoms with van der Waals surface area (Å²) in [4.78, 5) is 14.2. The van der Waals surface area contributed by atoms with Crippen LogP contribution in [-0.4, -0.2) is 23.9 Å². The van der Waals surface area contributed by atoms with Gasteiger partial charge in [-0.15, -0.1) is 0 Å². The molecule has 1 aliphatic rings. The van der Waals surface area contributed by atoms with Gasteiger partial charge in [-0.25, -0.2) is 0 Å². The lowest BCUT2D eigenvalue weighted by Gasteiger charge is -2.42. The van der Waals surface area contributed by atoms with Gasteiger partial charge in [0, 0.05) is 13.1 Å². The molecule has 1 amide bonds. The number of nitriles is 2. The summed E-state index contributed by atoms with van der Waals surface area (Å²) in [6.07, 6.45) is 1.64. The Morgan fingerprint density at radius 3 is 2.44 bits per heavy atom. The van der Waals surface area contributed by atoms with Crippen molar-refractivity contribution < 1.29 is 4.79 Å². The Morgan fingerprint density at radius 1 is 1.44 bits per heavy atom. The molecule has 18 heavy (non-hydrogen) atoms. The van der Waals surface area contributed by atoms with E-state index in [1.165, 1.54) is 0 Å². The summed E-state index contributed by atoms with van der Waals surface area (Å²) < 4.78 is 0. The molecule has 1 saturated carbocycles. The summed E-state index contributed by atoms with van der Waals surface area (Å²) in [5.74, 6) is 0.721. The number of hydrogen-bond acceptors (Lipinski definition) is 3. The highest BCUT2D eigenvalue weighted by atomic mass is 16.2. The van der Waals surface area contributed by atoms with Crippen molar-refractivity contribution in [2.45, 2.75) is 40.0 Å². The highest BCUT2D eigenvalue weighted by molar-refractivity contribution is 5.86. The number of carbonyl (C=O) groups excluding carboxylic acids is 1. The van der Waals surface area contributed by atoms with Crippen LogP contribution < -0.4 is 0 Å². The molecule has 0 aromatic rings. The van der Waals surface area contributed by atoms with Gasteiger partial charge in [0.05, 0.1) is 18.6 Å². The molecule has 0 heterocycles. The van der Waals surface area contributed by atoms with E-state index in [1.54, 1.807) is 4.90 Å². The zero-order valence-corrected chi connectivity index (χ0v) is 11.4. The molecule has 0 spiro atoms. The Bertz CT molecular complexity index is 383. The van der Waals surface area contributed by atoms with E-state index in [9.17, 15) is 10.1 Å². The van der Waals surface area contributed by atoms with E-state index in [4.69, 9.17) is 5.26 Å². The van der Waals surface area contributed by atoms with Gasteiger partial charge >= 0.3 is 0 Å². The summed E-state index contributed by atoms with van der Waals surface area (Å²) >= 11 is 0. The van der Waals surface area contributed by atoms with Crippen LogP contribution in [0.5, 0.6) is 0 Å². The zero-order chi connectivity index (χ0) is 13.8. The Labute approximate surface area is 109 Å². The monoisotopic (exact) mass is 247 g/mol. The molecule has 0 N–H and O–H groups in total. The molecule has 1 rings (SSSR count). The molecule has 0 atom stereocenters. The summed E-state index contributed by atoms with van der Waals surface area (Å²) in [6, 6.07) is 4.26. The quantitative estimate of drug-likeness (QED) is 0.748. The third kappa shape index (κ3) is 3.01. The highest BCUT2D eigenvalue weighted by Crippen LogP contribution is 2.46. The topological polar surface area (TPSA) is 67.9 Å². The van der Waals surface area contributed by atoms with Crippen LogP contribution in [0.4, 0.5) is 0 Å². The second kappa shape index (κ2) is 5.87. The van der Waals surface area contributed by atoms with E-state index < -0.39 is 5.41 Å². The van der Waals surface area contributed by atoms with E-state index in [0.717, 1.165) is 0 Å². The number of nitrogens with zero attached hydrogens (tertiary/aromatic N) is 3. The Balaban J connectivity index is 2.76. The highest BCUT2D eigenvalue weighted by Gasteiger charge is 2.50. The molecule has 0 bridgehead atoms. The first kappa shape index (κ1) is 14.5. The van der Waals surface area contributed by atoms with Crippen LogP contribution in [0.2, 0.25) is 0 Å². The predicted octanol–water partition coefficient (Wildman–Crippen LogP) is 2.32. The maximum absolute atomic E-state index is 12.5. The standard InChI is InChI=1S/C14H21N3O/c1-11(2)9-17(6-4-5-15)13(18)14(10-16)7-12(3)8-14/h11-12H,4,6-9H2,1-3H3. The van der Waals surface area contributed by atoms with Crippen LogP contribution in [-0.2, 0) is 4.79 Å². The Morgan fingerprint density at radius 2 is 2.06 bits per heavy atom. The molecular formula is C14H21N3O. The molecule has 0 unspecified atom stereocenters. The lowest BCUT2D eigenvalue weighted by Crippen LogP contribution is -2.51. The van der Waals surface area contributed by atoms with Crippen molar-refractivity contribution in [1.29, 1.82) is 10.5 Å². The third-order valence-electron chi connectivity index (χ3n) is 3.38. The molecule has 98 valence electrons. The van der Waals surface area contributed by atoms with Gasteiger partial charge < -0.3 is 4.90 Å². The van der Waals surface area contributed by atoms with Crippen LogP contribution in [0.15, 0.2) is 0 Å². The molecule has 0 aromatic carbocycles. The van der Waals surface area contributed by atoms with Crippen molar-refractivity contribution >= 4 is 5.91 Å². The fraction of sp³-hybridized carbons (Fsp3) is 0.786. The number of amides is 1. The van der Waals surface area contributed by atoms with Crippen LogP contribution in [0.25, 0.3) is 0 Å². The van der Waals surface area contributed by atoms with Gasteiger partial charge in [-0.1, -0.05) is 20.8 Å². The van der Waals surface area contributed by atoms with Gasteiger partial charge in [-0.2, -0.15) is 10.5 Å². The molecule has 0 aromatic heterocycles. The van der Waals surface area contributed by atoms with Gasteiger partial charge in [-0.05, 0) is 24.7 Å². The first-order valence-corrected chi connectivity index (χ1v) is 6.52. The fourth-order valence-electron chi connectivity index (χ4n) is 2.65. The third-order valence-corrected chi connectivity index (χ3v) is 3.38. The van der Waals surface area contributed by atoms with Gasteiger partial charge in [0.1, 0.15) is 5.41 Å². The van der Waals surface area contributed by atoms with Crippen LogP contribution in [0.3, 0.4) is 0 Å². The minimum absolute atomic E-state index is 0.0768. The molecule has 1 aliphatic carbocycles. The fourth-order valence-corrected chi connectivity index (χ4v) is 2.65. The Hall–Kier alpha value is -1.55. The summed E-state index contributed by atoms with van der Waals surface area (Å²) in [7, 11) is 0. The predicted molar refractivity (Wildman–Crippen MR) is 68.1 cm³/mol. The van der Waals surface area contributed by atoms with E-state index in [1.807, 2.05) is 13.8 Å². The molecule has 0 aliphatic heterocycles. The molecule has 1 fully saturated rings. The van der Waals surface area contributed by atoms with Crippen LogP contribution in [0.1, 0.15) is 40.0 Å². The molecular weight excluding hydrogens is 226 g/mol. The normalized spacial score (nSPS) is 26.0. The second-order valence-electron chi connectivity index (χ2n) is 5.76. The molecule has 0 radical (unpaired) electrons. The van der Waals surface area contributed by atoms with E-state index in [0.29, 0.717) is 44.2 Å². The minimum atomic E-state index is -0.816. The van der Waals surface area contributed by atoms with Crippen molar-refractivity contribution in [2.75, 3.05) is 13.1 Å². The van der Waals surface area contributed by atoms with Crippen LogP contribution in [0, 0.1) is 39.9 Å². The number of rotatable bonds is 5. The number of carbonyl (C=O) groups is 1. The average Bonchev–Trinajstić information content (AvgIpc) is 2.28. The summed E-state index contributed by atoms with van der Waals surface area (Å²) in [6.45, 7) is 7.19. The molecule has 0 saturated heterocycles. The van der Waals surface area contributed by atoms with Crippen molar-refractivity contribution in [3.8, 4) is 12.1 Å². The maximum atomic E-state index is 12.5. The largest absolute Gasteiger partial charge is 0.340 e. The van der Waals surface area contributed by atoms with Gasteiger partial charge in [0.25, 0.3) is 0 Å². The first-order chi connectivity index (χ1) is 8.45. The van der Waals surface area contributed by atoms with E-state index >= 15 is 0 Å². The zero-order valence-electron chi connectivity index (χ0n) is 11.4. The first-order valence-electron chi connectivity index (χ1n) is 6.52. The average molecular weight is 247 g/mol. The minimum Gasteiger partial charge on any atom is -0.340 e. The maximum Gasteiger partial charge on any atom is 0.243 e. The van der Waals surface area contributed by atoms with Crippen molar-refractivity contribution in [3.05, 3.63) is 0 Å². The van der Waals surface area contributed by atoms with E-state index in [-0.39, 0.29) is 5.91 Å². The number of hydrogen-bond donors (Lipinski definition) is 0.